The Hall–Kier alpha value is -1.86. The number of pyridine rings is 1. The summed E-state index contributed by atoms with van der Waals surface area (Å²) < 4.78 is 1.62. The molecule has 0 spiro atoms. The van der Waals surface area contributed by atoms with Gasteiger partial charge in [0.25, 0.3) is 11.5 Å². The number of aromatic hydroxyl groups is 1. The van der Waals surface area contributed by atoms with E-state index >= 15 is 0 Å². The second-order valence-corrected chi connectivity index (χ2v) is 8.20. The molecule has 0 aromatic carbocycles. The number of rotatable bonds is 6. The van der Waals surface area contributed by atoms with E-state index in [1.54, 1.807) is 10.6 Å². The molecule has 1 aliphatic rings. The number of nitrogens with zero attached hydrogens (tertiary/aromatic N) is 2. The van der Waals surface area contributed by atoms with Crippen molar-refractivity contribution in [1.82, 2.24) is 14.8 Å². The van der Waals surface area contributed by atoms with Gasteiger partial charge in [0.1, 0.15) is 10.6 Å². The van der Waals surface area contributed by atoms with Gasteiger partial charge in [0, 0.05) is 18.7 Å². The Morgan fingerprint density at radius 2 is 2.00 bits per heavy atom. The van der Waals surface area contributed by atoms with Gasteiger partial charge in [-0.1, -0.05) is 6.42 Å². The van der Waals surface area contributed by atoms with E-state index < -0.39 is 0 Å². The summed E-state index contributed by atoms with van der Waals surface area (Å²) in [6, 6.07) is 2.85. The van der Waals surface area contributed by atoms with Crippen LogP contribution < -0.4 is 10.9 Å². The van der Waals surface area contributed by atoms with Crippen LogP contribution in [0.4, 0.5) is 0 Å². The molecule has 1 fully saturated rings. The van der Waals surface area contributed by atoms with Gasteiger partial charge in [0.15, 0.2) is 0 Å². The van der Waals surface area contributed by atoms with Gasteiger partial charge >= 0.3 is 0 Å². The lowest BCUT2D eigenvalue weighted by Gasteiger charge is -2.26. The Labute approximate surface area is 157 Å². The quantitative estimate of drug-likeness (QED) is 0.759. The van der Waals surface area contributed by atoms with Crippen LogP contribution in [0, 0.1) is 0 Å². The van der Waals surface area contributed by atoms with Crippen LogP contribution in [0.2, 0.25) is 0 Å². The van der Waals surface area contributed by atoms with E-state index in [4.69, 9.17) is 0 Å². The lowest BCUT2D eigenvalue weighted by atomic mass is 10.1. The number of likely N-dealkylation sites (tertiary alicyclic amines) is 1. The summed E-state index contributed by atoms with van der Waals surface area (Å²) in [5.41, 5.74) is -0.250. The van der Waals surface area contributed by atoms with Gasteiger partial charge in [0.2, 0.25) is 0 Å². The number of hydrogen-bond donors (Lipinski definition) is 2. The highest BCUT2D eigenvalue weighted by Gasteiger charge is 2.17. The van der Waals surface area contributed by atoms with E-state index in [0.717, 1.165) is 26.1 Å². The highest BCUT2D eigenvalue weighted by molar-refractivity contribution is 7.20. The van der Waals surface area contributed by atoms with Crippen molar-refractivity contribution in [3.63, 3.8) is 0 Å². The summed E-state index contributed by atoms with van der Waals surface area (Å²) in [7, 11) is 0. The van der Waals surface area contributed by atoms with Crippen LogP contribution in [0.3, 0.4) is 0 Å². The number of amides is 1. The lowest BCUT2D eigenvalue weighted by molar-refractivity contribution is 0.0955. The molecule has 6 nitrogen and oxygen atoms in total. The predicted molar refractivity (Wildman–Crippen MR) is 105 cm³/mol. The van der Waals surface area contributed by atoms with E-state index in [1.165, 1.54) is 36.7 Å². The summed E-state index contributed by atoms with van der Waals surface area (Å²) in [6.45, 7) is 7.80. The van der Waals surface area contributed by atoms with Gasteiger partial charge in [-0.2, -0.15) is 0 Å². The van der Waals surface area contributed by atoms with E-state index in [9.17, 15) is 14.7 Å². The second kappa shape index (κ2) is 8.22. The highest BCUT2D eigenvalue weighted by atomic mass is 32.1. The van der Waals surface area contributed by atoms with Crippen LogP contribution in [0.25, 0.3) is 10.2 Å². The zero-order chi connectivity index (χ0) is 18.7. The van der Waals surface area contributed by atoms with Gasteiger partial charge < -0.3 is 15.3 Å². The fraction of sp³-hybridized carbons (Fsp3) is 0.579. The fourth-order valence-corrected chi connectivity index (χ4v) is 4.71. The molecule has 26 heavy (non-hydrogen) atoms. The molecule has 0 aliphatic carbocycles. The Morgan fingerprint density at radius 3 is 2.69 bits per heavy atom. The van der Waals surface area contributed by atoms with Crippen molar-refractivity contribution in [3.8, 4) is 5.75 Å². The van der Waals surface area contributed by atoms with Crippen LogP contribution in [0.5, 0.6) is 5.75 Å². The number of thiophene rings is 1. The maximum absolute atomic E-state index is 12.5. The molecule has 1 saturated heterocycles. The van der Waals surface area contributed by atoms with Crippen LogP contribution in [0.1, 0.15) is 55.2 Å². The predicted octanol–water partition coefficient (Wildman–Crippen LogP) is 2.96. The minimum Gasteiger partial charge on any atom is -0.507 e. The van der Waals surface area contributed by atoms with Crippen molar-refractivity contribution < 1.29 is 9.90 Å². The number of carbonyl (C=O) groups excluding carboxylic acids is 1. The first-order chi connectivity index (χ1) is 12.5. The van der Waals surface area contributed by atoms with Crippen molar-refractivity contribution in [2.24, 2.45) is 0 Å². The molecule has 3 rings (SSSR count). The van der Waals surface area contributed by atoms with Gasteiger partial charge in [-0.15, -0.1) is 11.3 Å². The SMILES string of the molecule is CC(C)n1c(=O)cc(O)c2cc(C(=O)NCCCN3CCCCC3)sc21. The summed E-state index contributed by atoms with van der Waals surface area (Å²) in [4.78, 5) is 28.2. The van der Waals surface area contributed by atoms with Crippen molar-refractivity contribution in [1.29, 1.82) is 0 Å². The Balaban J connectivity index is 1.66. The maximum atomic E-state index is 12.5. The van der Waals surface area contributed by atoms with Crippen LogP contribution in [-0.2, 0) is 0 Å². The van der Waals surface area contributed by atoms with Crippen LogP contribution in [-0.4, -0.2) is 46.7 Å². The molecule has 0 unspecified atom stereocenters. The van der Waals surface area contributed by atoms with Gasteiger partial charge in [0.05, 0.1) is 10.3 Å². The van der Waals surface area contributed by atoms with Crippen molar-refractivity contribution in [2.75, 3.05) is 26.2 Å². The molecule has 2 aromatic heterocycles. The average Bonchev–Trinajstić information content (AvgIpc) is 3.04. The molecule has 0 atom stereocenters. The van der Waals surface area contributed by atoms with Crippen molar-refractivity contribution in [3.05, 3.63) is 27.4 Å². The molecule has 142 valence electrons. The molecule has 0 bridgehead atoms. The third-order valence-corrected chi connectivity index (χ3v) is 5.96. The van der Waals surface area contributed by atoms with Crippen molar-refractivity contribution >= 4 is 27.5 Å². The van der Waals surface area contributed by atoms with Gasteiger partial charge in [-0.3, -0.25) is 14.2 Å². The summed E-state index contributed by atoms with van der Waals surface area (Å²) in [5, 5.41) is 13.6. The van der Waals surface area contributed by atoms with Gasteiger partial charge in [-0.05, 0) is 58.8 Å². The van der Waals surface area contributed by atoms with E-state index in [1.807, 2.05) is 13.8 Å². The third-order valence-electron chi connectivity index (χ3n) is 4.83. The first-order valence-corrected chi connectivity index (χ1v) is 10.2. The summed E-state index contributed by atoms with van der Waals surface area (Å²) in [5.74, 6) is -0.214. The molecule has 1 aliphatic heterocycles. The smallest absolute Gasteiger partial charge is 0.261 e. The van der Waals surface area contributed by atoms with E-state index in [-0.39, 0.29) is 23.3 Å². The number of nitrogens with one attached hydrogen (secondary N) is 1. The minimum absolute atomic E-state index is 0.0373. The summed E-state index contributed by atoms with van der Waals surface area (Å²) in [6.07, 6.45) is 4.80. The summed E-state index contributed by atoms with van der Waals surface area (Å²) >= 11 is 1.26. The van der Waals surface area contributed by atoms with Crippen LogP contribution >= 0.6 is 11.3 Å². The molecule has 2 aromatic rings. The molecule has 0 saturated carbocycles. The molecular formula is C19H27N3O3S. The van der Waals surface area contributed by atoms with Crippen LogP contribution in [0.15, 0.2) is 16.9 Å². The first kappa shape index (κ1) is 18.9. The highest BCUT2D eigenvalue weighted by Crippen LogP contribution is 2.32. The van der Waals surface area contributed by atoms with Gasteiger partial charge in [-0.25, -0.2) is 0 Å². The standard InChI is InChI=1S/C19H27N3O3S/c1-13(2)22-17(24)12-15(23)14-11-16(26-19(14)22)18(25)20-7-6-10-21-8-4-3-5-9-21/h11-13,23H,3-10H2,1-2H3,(H,20,25). The van der Waals surface area contributed by atoms with Crippen molar-refractivity contribution in [2.45, 2.75) is 45.6 Å². The minimum atomic E-state index is -0.250. The normalized spacial score (nSPS) is 15.7. The molecule has 2 N–H and O–H groups in total. The monoisotopic (exact) mass is 377 g/mol. The molecule has 7 heteroatoms. The largest absolute Gasteiger partial charge is 0.507 e. The lowest BCUT2D eigenvalue weighted by Crippen LogP contribution is -2.33. The second-order valence-electron chi connectivity index (χ2n) is 7.17. The molecule has 0 radical (unpaired) electrons. The number of carbonyl (C=O) groups is 1. The van der Waals surface area contributed by atoms with E-state index in [0.29, 0.717) is 21.6 Å². The molecule has 1 amide bonds. The fourth-order valence-electron chi connectivity index (χ4n) is 3.48. The van der Waals surface area contributed by atoms with E-state index in [2.05, 4.69) is 10.2 Å². The average molecular weight is 378 g/mol. The zero-order valence-corrected chi connectivity index (χ0v) is 16.3. The maximum Gasteiger partial charge on any atom is 0.261 e. The Bertz CT molecular complexity index is 834. The number of aromatic nitrogens is 1. The Kier molecular flexibility index (Phi) is 5.98. The molecule has 3 heterocycles. The number of hydrogen-bond acceptors (Lipinski definition) is 5. The zero-order valence-electron chi connectivity index (χ0n) is 15.5. The Morgan fingerprint density at radius 1 is 1.27 bits per heavy atom. The third kappa shape index (κ3) is 4.10. The molecular weight excluding hydrogens is 350 g/mol. The topological polar surface area (TPSA) is 74.6 Å². The first-order valence-electron chi connectivity index (χ1n) is 9.36. The number of piperidine rings is 1. The number of fused-ring (bicyclic) bond motifs is 1.